The molecule has 6 nitrogen and oxygen atoms in total. The summed E-state index contributed by atoms with van der Waals surface area (Å²) in [5.41, 5.74) is 6.44. The first-order chi connectivity index (χ1) is 12.5. The summed E-state index contributed by atoms with van der Waals surface area (Å²) in [5.74, 6) is -0.386. The van der Waals surface area contributed by atoms with E-state index in [1.54, 1.807) is 29.1 Å². The van der Waals surface area contributed by atoms with Gasteiger partial charge in [-0.25, -0.2) is 10.1 Å². The molecule has 0 spiro atoms. The largest absolute Gasteiger partial charge is 0.289 e. The number of aromatic nitrogens is 3. The number of halogens is 1. The van der Waals surface area contributed by atoms with Gasteiger partial charge in [-0.15, -0.1) is 0 Å². The average Bonchev–Trinajstić information content (AvgIpc) is 2.91. The predicted molar refractivity (Wildman–Crippen MR) is 102 cm³/mol. The number of aryl methyl sites for hydroxylation is 2. The zero-order valence-electron chi connectivity index (χ0n) is 14.5. The molecule has 1 aromatic carbocycles. The lowest BCUT2D eigenvalue weighted by Crippen LogP contribution is -2.18. The molecule has 1 N–H and O–H groups in total. The molecule has 0 aliphatic rings. The molecule has 0 atom stereocenters. The van der Waals surface area contributed by atoms with Crippen LogP contribution in [-0.4, -0.2) is 26.9 Å². The van der Waals surface area contributed by atoms with Crippen LogP contribution in [0.15, 0.2) is 53.8 Å². The third kappa shape index (κ3) is 4.15. The maximum absolute atomic E-state index is 11.9. The summed E-state index contributed by atoms with van der Waals surface area (Å²) in [6.07, 6.45) is 3.05. The van der Waals surface area contributed by atoms with E-state index < -0.39 is 0 Å². The van der Waals surface area contributed by atoms with Crippen molar-refractivity contribution >= 4 is 23.7 Å². The normalized spacial score (nSPS) is 11.0. The van der Waals surface area contributed by atoms with Gasteiger partial charge in [0.2, 0.25) is 0 Å². The van der Waals surface area contributed by atoms with E-state index in [1.807, 2.05) is 26.0 Å². The zero-order chi connectivity index (χ0) is 18.5. The molecule has 2 heterocycles. The van der Waals surface area contributed by atoms with Crippen molar-refractivity contribution in [3.05, 3.63) is 81.9 Å². The third-order valence-electron chi connectivity index (χ3n) is 3.82. The highest BCUT2D eigenvalue weighted by atomic mass is 35.5. The van der Waals surface area contributed by atoms with Crippen LogP contribution in [0.1, 0.15) is 32.9 Å². The van der Waals surface area contributed by atoms with Crippen LogP contribution < -0.4 is 5.43 Å². The van der Waals surface area contributed by atoms with Crippen LogP contribution >= 0.6 is 11.6 Å². The van der Waals surface area contributed by atoms with Crippen molar-refractivity contribution in [3.63, 3.8) is 0 Å². The summed E-state index contributed by atoms with van der Waals surface area (Å²) in [7, 11) is 0. The highest BCUT2D eigenvalue weighted by Gasteiger charge is 2.12. The first-order valence-corrected chi connectivity index (χ1v) is 8.45. The fraction of sp³-hybridized carbons (Fsp3) is 0.158. The van der Waals surface area contributed by atoms with E-state index in [2.05, 4.69) is 32.7 Å². The highest BCUT2D eigenvalue weighted by molar-refractivity contribution is 6.32. The van der Waals surface area contributed by atoms with Crippen LogP contribution in [0.2, 0.25) is 5.15 Å². The Morgan fingerprint density at radius 3 is 2.69 bits per heavy atom. The average molecular weight is 368 g/mol. The number of nitrogens with one attached hydrogen (secondary N) is 1. The maximum Gasteiger partial charge on any atom is 0.289 e. The van der Waals surface area contributed by atoms with E-state index in [0.717, 1.165) is 11.3 Å². The molecule has 2 aromatic heterocycles. The lowest BCUT2D eigenvalue weighted by molar-refractivity contribution is 0.0950. The van der Waals surface area contributed by atoms with E-state index in [0.29, 0.717) is 23.0 Å². The highest BCUT2D eigenvalue weighted by Crippen LogP contribution is 2.19. The number of hydrogen-bond donors (Lipinski definition) is 1. The summed E-state index contributed by atoms with van der Waals surface area (Å²) >= 11 is 6.43. The van der Waals surface area contributed by atoms with Crippen LogP contribution in [0, 0.1) is 13.8 Å². The number of rotatable bonds is 5. The number of amides is 1. The minimum Gasteiger partial charge on any atom is -0.266 e. The molecule has 0 bridgehead atoms. The van der Waals surface area contributed by atoms with Crippen LogP contribution in [0.5, 0.6) is 0 Å². The molecule has 26 heavy (non-hydrogen) atoms. The molecule has 0 unspecified atom stereocenters. The van der Waals surface area contributed by atoms with E-state index >= 15 is 0 Å². The number of hydrazone groups is 1. The minimum absolute atomic E-state index is 0.294. The Kier molecular flexibility index (Phi) is 5.43. The summed E-state index contributed by atoms with van der Waals surface area (Å²) in [6, 6.07) is 13.3. The van der Waals surface area contributed by atoms with Gasteiger partial charge >= 0.3 is 0 Å². The maximum atomic E-state index is 11.9. The summed E-state index contributed by atoms with van der Waals surface area (Å²) in [5, 5.41) is 8.89. The Bertz CT molecular complexity index is 933. The van der Waals surface area contributed by atoms with E-state index in [1.165, 1.54) is 11.8 Å². The van der Waals surface area contributed by atoms with Gasteiger partial charge in [-0.1, -0.05) is 47.5 Å². The molecule has 0 aliphatic heterocycles. The summed E-state index contributed by atoms with van der Waals surface area (Å²) < 4.78 is 1.71. The van der Waals surface area contributed by atoms with Gasteiger partial charge in [0.05, 0.1) is 24.0 Å². The molecule has 3 rings (SSSR count). The molecule has 132 valence electrons. The first kappa shape index (κ1) is 17.8. The van der Waals surface area contributed by atoms with Crippen molar-refractivity contribution in [1.82, 2.24) is 20.2 Å². The summed E-state index contributed by atoms with van der Waals surface area (Å²) in [6.45, 7) is 4.45. The Labute approximate surface area is 156 Å². The fourth-order valence-corrected chi connectivity index (χ4v) is 2.68. The number of hydrogen-bond acceptors (Lipinski definition) is 4. The lowest BCUT2D eigenvalue weighted by Gasteiger charge is -2.04. The van der Waals surface area contributed by atoms with Gasteiger partial charge in [0.25, 0.3) is 5.91 Å². The fourth-order valence-electron chi connectivity index (χ4n) is 2.39. The predicted octanol–water partition coefficient (Wildman–Crippen LogP) is 3.36. The molecular formula is C19H18ClN5O. The third-order valence-corrected chi connectivity index (χ3v) is 4.22. The minimum atomic E-state index is -0.386. The topological polar surface area (TPSA) is 72.2 Å². The Hall–Kier alpha value is -2.99. The SMILES string of the molecule is Cc1ccc(Cn2nc(C)c(/C=N\NC(=O)c3ccccn3)c2Cl)cc1. The van der Waals surface area contributed by atoms with Crippen LogP contribution in [0.3, 0.4) is 0 Å². The second kappa shape index (κ2) is 7.93. The van der Waals surface area contributed by atoms with Gasteiger partial charge in [-0.05, 0) is 31.5 Å². The Morgan fingerprint density at radius 1 is 1.23 bits per heavy atom. The van der Waals surface area contributed by atoms with E-state index in [9.17, 15) is 4.79 Å². The number of carbonyl (C=O) groups is 1. The number of benzene rings is 1. The van der Waals surface area contributed by atoms with Gasteiger partial charge in [0.15, 0.2) is 0 Å². The lowest BCUT2D eigenvalue weighted by atomic mass is 10.1. The smallest absolute Gasteiger partial charge is 0.266 e. The van der Waals surface area contributed by atoms with Crippen molar-refractivity contribution in [2.75, 3.05) is 0 Å². The Balaban J connectivity index is 1.71. The van der Waals surface area contributed by atoms with Crippen LogP contribution in [0.25, 0.3) is 0 Å². The quantitative estimate of drug-likeness (QED) is 0.555. The van der Waals surface area contributed by atoms with E-state index in [-0.39, 0.29) is 5.91 Å². The first-order valence-electron chi connectivity index (χ1n) is 8.07. The molecular weight excluding hydrogens is 350 g/mol. The molecule has 7 heteroatoms. The molecule has 1 amide bonds. The van der Waals surface area contributed by atoms with Gasteiger partial charge < -0.3 is 0 Å². The molecule has 0 saturated heterocycles. The zero-order valence-corrected chi connectivity index (χ0v) is 15.2. The molecule has 0 saturated carbocycles. The molecule has 3 aromatic rings. The van der Waals surface area contributed by atoms with Crippen LogP contribution in [-0.2, 0) is 6.54 Å². The second-order valence-corrected chi connectivity index (χ2v) is 6.21. The van der Waals surface area contributed by atoms with Gasteiger partial charge in [-0.2, -0.15) is 10.2 Å². The standard InChI is InChI=1S/C19H18ClN5O/c1-13-6-8-15(9-7-13)12-25-18(20)16(14(2)24-25)11-22-23-19(26)17-5-3-4-10-21-17/h3-11H,12H2,1-2H3,(H,23,26)/b22-11-. The van der Waals surface area contributed by atoms with Gasteiger partial charge in [0.1, 0.15) is 10.8 Å². The van der Waals surface area contributed by atoms with Gasteiger partial charge in [-0.3, -0.25) is 9.78 Å². The molecule has 0 aliphatic carbocycles. The van der Waals surface area contributed by atoms with Crippen molar-refractivity contribution in [2.45, 2.75) is 20.4 Å². The van der Waals surface area contributed by atoms with Crippen LogP contribution in [0.4, 0.5) is 0 Å². The number of pyridine rings is 1. The van der Waals surface area contributed by atoms with Crippen molar-refractivity contribution in [3.8, 4) is 0 Å². The van der Waals surface area contributed by atoms with E-state index in [4.69, 9.17) is 11.6 Å². The number of carbonyl (C=O) groups excluding carboxylic acids is 1. The van der Waals surface area contributed by atoms with Gasteiger partial charge in [0, 0.05) is 6.20 Å². The van der Waals surface area contributed by atoms with Crippen molar-refractivity contribution < 1.29 is 4.79 Å². The molecule has 0 fully saturated rings. The molecule has 0 radical (unpaired) electrons. The Morgan fingerprint density at radius 2 is 2.00 bits per heavy atom. The van der Waals surface area contributed by atoms with Crippen molar-refractivity contribution in [2.24, 2.45) is 5.10 Å². The second-order valence-electron chi connectivity index (χ2n) is 5.85. The van der Waals surface area contributed by atoms with Crippen molar-refractivity contribution in [1.29, 1.82) is 0 Å². The summed E-state index contributed by atoms with van der Waals surface area (Å²) in [4.78, 5) is 15.9. The monoisotopic (exact) mass is 367 g/mol. The number of nitrogens with zero attached hydrogens (tertiary/aromatic N) is 4.